The second kappa shape index (κ2) is 7.04. The Labute approximate surface area is 128 Å². The third-order valence-electron chi connectivity index (χ3n) is 4.21. The second-order valence-electron chi connectivity index (χ2n) is 5.84. The van der Waals surface area contributed by atoms with Crippen molar-refractivity contribution in [3.8, 4) is 0 Å². The second-order valence-corrected chi connectivity index (χ2v) is 6.82. The largest absolute Gasteiger partial charge is 0.481 e. The van der Waals surface area contributed by atoms with Crippen molar-refractivity contribution >= 4 is 23.2 Å². The smallest absolute Gasteiger partial charge is 0.303 e. The van der Waals surface area contributed by atoms with E-state index in [1.807, 2.05) is 17.5 Å². The van der Waals surface area contributed by atoms with Gasteiger partial charge in [0, 0.05) is 11.4 Å². The summed E-state index contributed by atoms with van der Waals surface area (Å²) >= 11 is 1.45. The van der Waals surface area contributed by atoms with E-state index in [0.717, 1.165) is 37.0 Å². The summed E-state index contributed by atoms with van der Waals surface area (Å²) in [6.45, 7) is 0.400. The van der Waals surface area contributed by atoms with Crippen LogP contribution in [0, 0.1) is 5.41 Å². The molecular weight excluding hydrogens is 288 g/mol. The number of nitrogens with two attached hydrogens (primary N) is 1. The van der Waals surface area contributed by atoms with Crippen LogP contribution in [-0.2, 0) is 9.59 Å². The molecule has 0 radical (unpaired) electrons. The Hall–Kier alpha value is -1.40. The highest BCUT2D eigenvalue weighted by Gasteiger charge is 2.35. The van der Waals surface area contributed by atoms with E-state index in [1.54, 1.807) is 0 Å². The number of hydrogen-bond donors (Lipinski definition) is 3. The molecule has 0 saturated heterocycles. The number of rotatable bonds is 6. The third kappa shape index (κ3) is 4.28. The average Bonchev–Trinajstić information content (AvgIpc) is 2.98. The monoisotopic (exact) mass is 310 g/mol. The fourth-order valence-electron chi connectivity index (χ4n) is 3.02. The van der Waals surface area contributed by atoms with E-state index >= 15 is 0 Å². The quantitative estimate of drug-likeness (QED) is 0.751. The predicted octanol–water partition coefficient (Wildman–Crippen LogP) is 2.29. The predicted molar refractivity (Wildman–Crippen MR) is 82.0 cm³/mol. The molecule has 1 fully saturated rings. The highest BCUT2D eigenvalue weighted by atomic mass is 32.1. The van der Waals surface area contributed by atoms with Gasteiger partial charge in [-0.3, -0.25) is 9.59 Å². The molecule has 0 aromatic carbocycles. The molecule has 21 heavy (non-hydrogen) atoms. The minimum Gasteiger partial charge on any atom is -0.481 e. The molecule has 1 heterocycles. The normalized spacial score (nSPS) is 18.9. The van der Waals surface area contributed by atoms with Crippen LogP contribution >= 0.6 is 11.3 Å². The zero-order valence-corrected chi connectivity index (χ0v) is 12.8. The minimum atomic E-state index is -0.797. The van der Waals surface area contributed by atoms with Crippen molar-refractivity contribution in [3.63, 3.8) is 0 Å². The molecule has 116 valence electrons. The number of nitrogens with one attached hydrogen (secondary N) is 1. The van der Waals surface area contributed by atoms with E-state index in [9.17, 15) is 9.59 Å². The number of aliphatic carboxylic acids is 1. The number of hydrogen-bond acceptors (Lipinski definition) is 4. The van der Waals surface area contributed by atoms with Gasteiger partial charge in [0.05, 0.1) is 6.42 Å². The van der Waals surface area contributed by atoms with Gasteiger partial charge in [0.25, 0.3) is 0 Å². The first-order valence-electron chi connectivity index (χ1n) is 7.31. The maximum Gasteiger partial charge on any atom is 0.303 e. The molecule has 4 N–H and O–H groups in total. The number of carboxylic acid groups (broad SMARTS) is 1. The fourth-order valence-corrected chi connectivity index (χ4v) is 3.75. The van der Waals surface area contributed by atoms with E-state index in [2.05, 4.69) is 5.32 Å². The first kappa shape index (κ1) is 16.0. The van der Waals surface area contributed by atoms with Crippen LogP contribution in [0.3, 0.4) is 0 Å². The van der Waals surface area contributed by atoms with Crippen LogP contribution < -0.4 is 11.1 Å². The van der Waals surface area contributed by atoms with E-state index in [0.29, 0.717) is 6.54 Å². The lowest BCUT2D eigenvalue weighted by atomic mass is 9.71. The van der Waals surface area contributed by atoms with Gasteiger partial charge in [-0.05, 0) is 29.7 Å². The van der Waals surface area contributed by atoms with E-state index < -0.39 is 12.0 Å². The zero-order chi connectivity index (χ0) is 15.3. The van der Waals surface area contributed by atoms with Crippen LogP contribution in [0.25, 0.3) is 0 Å². The van der Waals surface area contributed by atoms with Gasteiger partial charge in [-0.1, -0.05) is 25.3 Å². The number of carbonyl (C=O) groups excluding carboxylic acids is 1. The van der Waals surface area contributed by atoms with Crippen LogP contribution in [0.1, 0.15) is 49.4 Å². The maximum absolute atomic E-state index is 12.1. The topological polar surface area (TPSA) is 92.4 Å². The highest BCUT2D eigenvalue weighted by molar-refractivity contribution is 7.10. The van der Waals surface area contributed by atoms with E-state index in [-0.39, 0.29) is 17.7 Å². The summed E-state index contributed by atoms with van der Waals surface area (Å²) < 4.78 is 0. The summed E-state index contributed by atoms with van der Waals surface area (Å²) in [7, 11) is 0. The summed E-state index contributed by atoms with van der Waals surface area (Å²) in [5, 5.41) is 13.9. The van der Waals surface area contributed by atoms with Gasteiger partial charge >= 0.3 is 5.97 Å². The molecule has 1 aromatic rings. The molecule has 1 aliphatic rings. The van der Waals surface area contributed by atoms with Gasteiger partial charge < -0.3 is 16.2 Å². The summed E-state index contributed by atoms with van der Waals surface area (Å²) in [5.41, 5.74) is 5.61. The summed E-state index contributed by atoms with van der Waals surface area (Å²) in [6.07, 6.45) is 5.02. The SMILES string of the molecule is NC(C(=O)NCC1(CC(=O)O)CCCCC1)c1cccs1. The van der Waals surface area contributed by atoms with Crippen molar-refractivity contribution in [1.82, 2.24) is 5.32 Å². The van der Waals surface area contributed by atoms with Crippen LogP contribution in [0.5, 0.6) is 0 Å². The minimum absolute atomic E-state index is 0.113. The molecule has 1 aliphatic carbocycles. The highest BCUT2D eigenvalue weighted by Crippen LogP contribution is 2.38. The summed E-state index contributed by atoms with van der Waals surface area (Å²) in [6, 6.07) is 3.03. The van der Waals surface area contributed by atoms with Gasteiger partial charge in [-0.2, -0.15) is 0 Å². The van der Waals surface area contributed by atoms with Gasteiger partial charge in [0.2, 0.25) is 5.91 Å². The fraction of sp³-hybridized carbons (Fsp3) is 0.600. The molecule has 1 atom stereocenters. The van der Waals surface area contributed by atoms with Crippen molar-refractivity contribution in [2.75, 3.05) is 6.54 Å². The van der Waals surface area contributed by atoms with Gasteiger partial charge in [0.1, 0.15) is 6.04 Å². The Morgan fingerprint density at radius 1 is 1.38 bits per heavy atom. The Bertz CT molecular complexity index is 481. The molecule has 5 nitrogen and oxygen atoms in total. The van der Waals surface area contributed by atoms with Crippen LogP contribution in [0.15, 0.2) is 17.5 Å². The number of thiophene rings is 1. The van der Waals surface area contributed by atoms with Gasteiger partial charge in [-0.15, -0.1) is 11.3 Å². The van der Waals surface area contributed by atoms with Gasteiger partial charge in [0.15, 0.2) is 0 Å². The molecule has 0 spiro atoms. The molecule has 0 bridgehead atoms. The van der Waals surface area contributed by atoms with Crippen molar-refractivity contribution < 1.29 is 14.7 Å². The Morgan fingerprint density at radius 2 is 2.10 bits per heavy atom. The van der Waals surface area contributed by atoms with Crippen molar-refractivity contribution in [1.29, 1.82) is 0 Å². The van der Waals surface area contributed by atoms with Crippen molar-refractivity contribution in [3.05, 3.63) is 22.4 Å². The standard InChI is InChI=1S/C15H22N2O3S/c16-13(11-5-4-8-21-11)14(20)17-10-15(9-12(18)19)6-2-1-3-7-15/h4-5,8,13H,1-3,6-7,9-10,16H2,(H,17,20)(H,18,19). The molecule has 1 amide bonds. The molecule has 0 aliphatic heterocycles. The lowest BCUT2D eigenvalue weighted by Gasteiger charge is -2.36. The molecule has 1 saturated carbocycles. The van der Waals surface area contributed by atoms with Crippen molar-refractivity contribution in [2.24, 2.45) is 11.1 Å². The van der Waals surface area contributed by atoms with Crippen LogP contribution in [-0.4, -0.2) is 23.5 Å². The number of carbonyl (C=O) groups is 2. The van der Waals surface area contributed by atoms with Gasteiger partial charge in [-0.25, -0.2) is 0 Å². The molecule has 1 unspecified atom stereocenters. The lowest BCUT2D eigenvalue weighted by Crippen LogP contribution is -2.43. The summed E-state index contributed by atoms with van der Waals surface area (Å²) in [4.78, 5) is 24.1. The van der Waals surface area contributed by atoms with Crippen LogP contribution in [0.2, 0.25) is 0 Å². The molecule has 6 heteroatoms. The Balaban J connectivity index is 1.94. The number of amides is 1. The average molecular weight is 310 g/mol. The lowest BCUT2D eigenvalue weighted by molar-refractivity contribution is -0.140. The Kier molecular flexibility index (Phi) is 5.36. The maximum atomic E-state index is 12.1. The molecule has 2 rings (SSSR count). The zero-order valence-electron chi connectivity index (χ0n) is 12.0. The van der Waals surface area contributed by atoms with E-state index in [1.165, 1.54) is 11.3 Å². The third-order valence-corrected chi connectivity index (χ3v) is 5.17. The molecule has 1 aromatic heterocycles. The van der Waals surface area contributed by atoms with Crippen LogP contribution in [0.4, 0.5) is 0 Å². The summed E-state index contributed by atoms with van der Waals surface area (Å²) in [5.74, 6) is -1.03. The van der Waals surface area contributed by atoms with Crippen molar-refractivity contribution in [2.45, 2.75) is 44.6 Å². The first-order valence-corrected chi connectivity index (χ1v) is 8.19. The Morgan fingerprint density at radius 3 is 2.67 bits per heavy atom. The number of carboxylic acids is 1. The van der Waals surface area contributed by atoms with E-state index in [4.69, 9.17) is 10.8 Å². The molecular formula is C15H22N2O3S. The first-order chi connectivity index (χ1) is 10.0.